The molecule has 1 N–H and O–H groups in total. The fraction of sp³-hybridized carbons (Fsp3) is 0.333. The summed E-state index contributed by atoms with van der Waals surface area (Å²) in [4.78, 5) is 16.3. The molecule has 0 radical (unpaired) electrons. The molecular weight excluding hydrogens is 288 g/mol. The summed E-state index contributed by atoms with van der Waals surface area (Å²) in [6.45, 7) is 4.42. The Hall–Kier alpha value is -1.33. The minimum atomic E-state index is -0.0590. The van der Waals surface area contributed by atoms with Gasteiger partial charge in [-0.05, 0) is 19.4 Å². The van der Waals surface area contributed by atoms with Crippen LogP contribution < -0.4 is 5.32 Å². The van der Waals surface area contributed by atoms with Gasteiger partial charge in [-0.15, -0.1) is 23.1 Å². The third-order valence-corrected chi connectivity index (χ3v) is 4.97. The predicted molar refractivity (Wildman–Crippen MR) is 85.9 cm³/mol. The third-order valence-electron chi connectivity index (χ3n) is 2.79. The maximum Gasteiger partial charge on any atom is 0.233 e. The second-order valence-corrected chi connectivity index (χ2v) is 6.81. The molecule has 1 atom stereocenters. The molecular formula is C15H18N2OS2. The average molecular weight is 306 g/mol. The fourth-order valence-electron chi connectivity index (χ4n) is 1.66. The number of aryl methyl sites for hydroxylation is 1. The van der Waals surface area contributed by atoms with Crippen LogP contribution in [-0.2, 0) is 17.1 Å². The van der Waals surface area contributed by atoms with Crippen LogP contribution in [0.1, 0.15) is 23.2 Å². The highest BCUT2D eigenvalue weighted by Gasteiger charge is 2.13. The number of aromatic nitrogens is 1. The van der Waals surface area contributed by atoms with Gasteiger partial charge in [0, 0.05) is 16.8 Å². The lowest BCUT2D eigenvalue weighted by Gasteiger charge is -2.11. The summed E-state index contributed by atoms with van der Waals surface area (Å²) < 4.78 is 0. The Bertz CT molecular complexity index is 554. The number of nitrogens with one attached hydrogen (secondary N) is 1. The number of nitrogens with zero attached hydrogens (tertiary/aromatic N) is 1. The molecule has 106 valence electrons. The van der Waals surface area contributed by atoms with Gasteiger partial charge >= 0.3 is 0 Å². The van der Waals surface area contributed by atoms with Gasteiger partial charge in [0.2, 0.25) is 5.91 Å². The second kappa shape index (κ2) is 7.45. The number of hydrogen-bond acceptors (Lipinski definition) is 4. The summed E-state index contributed by atoms with van der Waals surface area (Å²) in [5.74, 6) is 0.921. The van der Waals surface area contributed by atoms with Gasteiger partial charge in [0.25, 0.3) is 0 Å². The molecule has 3 nitrogen and oxygen atoms in total. The van der Waals surface area contributed by atoms with Crippen molar-refractivity contribution in [3.63, 3.8) is 0 Å². The van der Waals surface area contributed by atoms with E-state index in [4.69, 9.17) is 0 Å². The average Bonchev–Trinajstić information content (AvgIpc) is 2.89. The highest BCUT2D eigenvalue weighted by Crippen LogP contribution is 2.17. The van der Waals surface area contributed by atoms with E-state index in [1.807, 2.05) is 37.4 Å². The van der Waals surface area contributed by atoms with Gasteiger partial charge < -0.3 is 5.32 Å². The van der Waals surface area contributed by atoms with Crippen molar-refractivity contribution in [2.24, 2.45) is 0 Å². The Labute approximate surface area is 127 Å². The highest BCUT2D eigenvalue weighted by molar-refractivity contribution is 7.99. The van der Waals surface area contributed by atoms with E-state index in [2.05, 4.69) is 22.4 Å². The summed E-state index contributed by atoms with van der Waals surface area (Å²) in [6, 6.07) is 10.2. The Morgan fingerprint density at radius 3 is 2.80 bits per heavy atom. The number of carbonyl (C=O) groups is 1. The number of thiazole rings is 1. The van der Waals surface area contributed by atoms with Crippen LogP contribution >= 0.6 is 23.1 Å². The van der Waals surface area contributed by atoms with Crippen molar-refractivity contribution in [1.29, 1.82) is 0 Å². The fourth-order valence-corrected chi connectivity index (χ4v) is 3.24. The minimum Gasteiger partial charge on any atom is -0.349 e. The van der Waals surface area contributed by atoms with E-state index < -0.39 is 0 Å². The topological polar surface area (TPSA) is 42.0 Å². The Balaban J connectivity index is 1.74. The van der Waals surface area contributed by atoms with Gasteiger partial charge in [-0.25, -0.2) is 4.98 Å². The van der Waals surface area contributed by atoms with Gasteiger partial charge in [-0.2, -0.15) is 0 Å². The predicted octanol–water partition coefficient (Wildman–Crippen LogP) is 3.39. The van der Waals surface area contributed by atoms with Crippen molar-refractivity contribution in [3.05, 3.63) is 52.0 Å². The molecule has 0 saturated heterocycles. The van der Waals surface area contributed by atoms with Gasteiger partial charge in [-0.3, -0.25) is 4.79 Å². The van der Waals surface area contributed by atoms with Crippen molar-refractivity contribution in [2.75, 3.05) is 0 Å². The summed E-state index contributed by atoms with van der Waals surface area (Å²) in [5.41, 5.74) is 2.25. The first-order chi connectivity index (χ1) is 9.65. The number of hydrogen-bond donors (Lipinski definition) is 1. The first-order valence-electron chi connectivity index (χ1n) is 6.49. The van der Waals surface area contributed by atoms with Crippen molar-refractivity contribution in [3.8, 4) is 0 Å². The molecule has 0 aliphatic heterocycles. The van der Waals surface area contributed by atoms with Crippen LogP contribution in [-0.4, -0.2) is 16.1 Å². The van der Waals surface area contributed by atoms with Crippen LogP contribution in [0.2, 0.25) is 0 Å². The van der Waals surface area contributed by atoms with E-state index >= 15 is 0 Å². The van der Waals surface area contributed by atoms with Crippen LogP contribution in [0.4, 0.5) is 0 Å². The maximum absolute atomic E-state index is 12.0. The molecule has 0 bridgehead atoms. The highest BCUT2D eigenvalue weighted by atomic mass is 32.2. The van der Waals surface area contributed by atoms with Crippen LogP contribution in [0, 0.1) is 6.92 Å². The first kappa shape index (κ1) is 15.1. The lowest BCUT2D eigenvalue weighted by atomic mass is 10.2. The molecule has 0 aliphatic rings. The minimum absolute atomic E-state index is 0.0590. The lowest BCUT2D eigenvalue weighted by molar-refractivity contribution is -0.120. The van der Waals surface area contributed by atoms with Crippen molar-refractivity contribution < 1.29 is 4.79 Å². The Morgan fingerprint density at radius 1 is 1.40 bits per heavy atom. The molecule has 1 unspecified atom stereocenters. The molecule has 2 aromatic rings. The number of benzene rings is 1. The van der Waals surface area contributed by atoms with Gasteiger partial charge in [-0.1, -0.05) is 30.3 Å². The number of amides is 1. The normalized spacial score (nSPS) is 12.1. The molecule has 20 heavy (non-hydrogen) atoms. The van der Waals surface area contributed by atoms with Gasteiger partial charge in [0.15, 0.2) is 0 Å². The molecule has 1 aromatic carbocycles. The van der Waals surface area contributed by atoms with Crippen molar-refractivity contribution in [2.45, 2.75) is 31.4 Å². The number of carbonyl (C=O) groups excluding carboxylic acids is 1. The number of rotatable bonds is 6. The van der Waals surface area contributed by atoms with Gasteiger partial charge in [0.1, 0.15) is 5.01 Å². The largest absolute Gasteiger partial charge is 0.349 e. The van der Waals surface area contributed by atoms with E-state index in [1.54, 1.807) is 23.1 Å². The summed E-state index contributed by atoms with van der Waals surface area (Å²) >= 11 is 3.23. The molecule has 0 saturated carbocycles. The van der Waals surface area contributed by atoms with Gasteiger partial charge in [0.05, 0.1) is 11.8 Å². The lowest BCUT2D eigenvalue weighted by Crippen LogP contribution is -2.30. The molecule has 1 heterocycles. The standard InChI is InChI=1S/C15H18N2OS2/c1-11-9-20-14(17-11)8-16-15(18)12(2)19-10-13-6-4-3-5-7-13/h3-7,9,12H,8,10H2,1-2H3,(H,16,18). The maximum atomic E-state index is 12.0. The molecule has 1 amide bonds. The molecule has 2 rings (SSSR count). The van der Waals surface area contributed by atoms with Crippen LogP contribution in [0.5, 0.6) is 0 Å². The van der Waals surface area contributed by atoms with Crippen molar-refractivity contribution in [1.82, 2.24) is 10.3 Å². The zero-order chi connectivity index (χ0) is 14.4. The summed E-state index contributed by atoms with van der Waals surface area (Å²) in [7, 11) is 0. The Morgan fingerprint density at radius 2 is 2.15 bits per heavy atom. The zero-order valence-corrected chi connectivity index (χ0v) is 13.3. The van der Waals surface area contributed by atoms with E-state index in [0.717, 1.165) is 16.5 Å². The smallest absolute Gasteiger partial charge is 0.233 e. The second-order valence-electron chi connectivity index (χ2n) is 4.54. The summed E-state index contributed by atoms with van der Waals surface area (Å²) in [6.07, 6.45) is 0. The summed E-state index contributed by atoms with van der Waals surface area (Å²) in [5, 5.41) is 5.83. The van der Waals surface area contributed by atoms with Crippen LogP contribution in [0.3, 0.4) is 0 Å². The quantitative estimate of drug-likeness (QED) is 0.889. The molecule has 0 aliphatic carbocycles. The SMILES string of the molecule is Cc1csc(CNC(=O)C(C)SCc2ccccc2)n1. The monoisotopic (exact) mass is 306 g/mol. The first-order valence-corrected chi connectivity index (χ1v) is 8.42. The molecule has 5 heteroatoms. The van der Waals surface area contributed by atoms with E-state index in [-0.39, 0.29) is 11.2 Å². The van der Waals surface area contributed by atoms with Crippen molar-refractivity contribution >= 4 is 29.0 Å². The molecule has 1 aromatic heterocycles. The van der Waals surface area contributed by atoms with E-state index in [1.165, 1.54) is 5.56 Å². The van der Waals surface area contributed by atoms with Crippen LogP contribution in [0.25, 0.3) is 0 Å². The van der Waals surface area contributed by atoms with E-state index in [0.29, 0.717) is 6.54 Å². The van der Waals surface area contributed by atoms with E-state index in [9.17, 15) is 4.79 Å². The number of thioether (sulfide) groups is 1. The molecule has 0 spiro atoms. The zero-order valence-electron chi connectivity index (χ0n) is 11.6. The van der Waals surface area contributed by atoms with Crippen LogP contribution in [0.15, 0.2) is 35.7 Å². The Kier molecular flexibility index (Phi) is 5.61. The molecule has 0 fully saturated rings. The third kappa shape index (κ3) is 4.65.